The number of rotatable bonds is 10. The molecule has 0 saturated heterocycles. The molecule has 0 aliphatic heterocycles. The van der Waals surface area contributed by atoms with Crippen molar-refractivity contribution in [2.75, 3.05) is 7.11 Å². The maximum Gasteiger partial charge on any atom is 0.302 e. The van der Waals surface area contributed by atoms with Crippen molar-refractivity contribution < 1.29 is 29.6 Å². The van der Waals surface area contributed by atoms with Crippen molar-refractivity contribution in [3.63, 3.8) is 0 Å². The van der Waals surface area contributed by atoms with Gasteiger partial charge in [0.15, 0.2) is 23.0 Å². The van der Waals surface area contributed by atoms with Crippen molar-refractivity contribution in [2.45, 2.75) is 51.6 Å². The quantitative estimate of drug-likeness (QED) is 0.322. The Balaban J connectivity index is 1.83. The van der Waals surface area contributed by atoms with E-state index in [-0.39, 0.29) is 29.3 Å². The number of esters is 1. The minimum atomic E-state index is -0.295. The summed E-state index contributed by atoms with van der Waals surface area (Å²) in [5.41, 5.74) is 1.96. The van der Waals surface area contributed by atoms with E-state index in [1.807, 2.05) is 6.07 Å². The number of methoxy groups -OCH3 is 1. The molecule has 28 heavy (non-hydrogen) atoms. The second-order valence-electron chi connectivity index (χ2n) is 6.85. The first-order chi connectivity index (χ1) is 13.4. The molecule has 1 atom stereocenters. The van der Waals surface area contributed by atoms with Gasteiger partial charge in [-0.05, 0) is 73.9 Å². The van der Waals surface area contributed by atoms with Crippen LogP contribution in [0.15, 0.2) is 36.4 Å². The number of aromatic hydroxyl groups is 3. The van der Waals surface area contributed by atoms with Crippen molar-refractivity contribution in [1.29, 1.82) is 0 Å². The van der Waals surface area contributed by atoms with Crippen molar-refractivity contribution in [3.8, 4) is 23.0 Å². The van der Waals surface area contributed by atoms with E-state index < -0.39 is 0 Å². The summed E-state index contributed by atoms with van der Waals surface area (Å²) >= 11 is 0. The number of aryl methyl sites for hydroxylation is 2. The minimum absolute atomic E-state index is 0.100. The van der Waals surface area contributed by atoms with Gasteiger partial charge in [0, 0.05) is 6.92 Å². The highest BCUT2D eigenvalue weighted by Gasteiger charge is 2.13. The average Bonchev–Trinajstić information content (AvgIpc) is 2.66. The van der Waals surface area contributed by atoms with Gasteiger partial charge in [0.2, 0.25) is 0 Å². The number of ether oxygens (including phenoxy) is 2. The third-order valence-electron chi connectivity index (χ3n) is 4.61. The fourth-order valence-corrected chi connectivity index (χ4v) is 3.13. The standard InChI is InChI=1S/C22H28O6/c1-15(23)28-18(10-7-17-9-12-20(25)22(14-17)27-2)6-4-3-5-16-8-11-19(24)21(26)13-16/h8-9,11-14,18,24-26H,3-7,10H2,1-2H3/t18-/m0/s1. The lowest BCUT2D eigenvalue weighted by Crippen LogP contribution is -2.17. The summed E-state index contributed by atoms with van der Waals surface area (Å²) in [6.07, 6.45) is 4.50. The van der Waals surface area contributed by atoms with E-state index in [2.05, 4.69) is 0 Å². The maximum absolute atomic E-state index is 11.4. The zero-order chi connectivity index (χ0) is 20.5. The fraction of sp³-hybridized carbons (Fsp3) is 0.409. The Bertz CT molecular complexity index is 787. The van der Waals surface area contributed by atoms with Crippen molar-refractivity contribution in [1.82, 2.24) is 0 Å². The SMILES string of the molecule is COc1cc(CC[C@H](CCCCc2ccc(O)c(O)c2)OC(C)=O)ccc1O. The van der Waals surface area contributed by atoms with Gasteiger partial charge < -0.3 is 24.8 Å². The predicted octanol–water partition coefficient (Wildman–Crippen LogP) is 4.09. The number of phenolic OH excluding ortho intramolecular Hbond substituents is 3. The molecule has 2 rings (SSSR count). The number of unbranched alkanes of at least 4 members (excludes halogenated alkanes) is 1. The van der Waals surface area contributed by atoms with E-state index in [4.69, 9.17) is 9.47 Å². The Hall–Kier alpha value is -2.89. The van der Waals surface area contributed by atoms with Crippen LogP contribution >= 0.6 is 0 Å². The van der Waals surface area contributed by atoms with Crippen molar-refractivity contribution >= 4 is 5.97 Å². The minimum Gasteiger partial charge on any atom is -0.504 e. The third kappa shape index (κ3) is 6.68. The first-order valence-electron chi connectivity index (χ1n) is 9.43. The molecule has 0 fully saturated rings. The second-order valence-corrected chi connectivity index (χ2v) is 6.85. The van der Waals surface area contributed by atoms with Crippen LogP contribution in [0.2, 0.25) is 0 Å². The molecule has 0 saturated carbocycles. The molecular weight excluding hydrogens is 360 g/mol. The maximum atomic E-state index is 11.4. The highest BCUT2D eigenvalue weighted by Crippen LogP contribution is 2.28. The fourth-order valence-electron chi connectivity index (χ4n) is 3.13. The number of phenols is 3. The molecule has 0 unspecified atom stereocenters. The molecule has 0 radical (unpaired) electrons. The van der Waals surface area contributed by atoms with Crippen LogP contribution in [0.5, 0.6) is 23.0 Å². The molecular formula is C22H28O6. The molecule has 0 aromatic heterocycles. The van der Waals surface area contributed by atoms with Gasteiger partial charge in [-0.25, -0.2) is 0 Å². The number of carbonyl (C=O) groups is 1. The van der Waals surface area contributed by atoms with Crippen LogP contribution in [0.1, 0.15) is 43.7 Å². The summed E-state index contributed by atoms with van der Waals surface area (Å²) in [4.78, 5) is 11.4. The van der Waals surface area contributed by atoms with E-state index in [9.17, 15) is 20.1 Å². The second kappa shape index (κ2) is 10.4. The molecule has 0 spiro atoms. The summed E-state index contributed by atoms with van der Waals surface area (Å²) in [7, 11) is 1.51. The van der Waals surface area contributed by atoms with Gasteiger partial charge in [0.1, 0.15) is 6.10 Å². The molecule has 0 heterocycles. The molecule has 0 bridgehead atoms. The molecule has 6 nitrogen and oxygen atoms in total. The van der Waals surface area contributed by atoms with E-state index in [0.29, 0.717) is 18.6 Å². The molecule has 3 N–H and O–H groups in total. The van der Waals surface area contributed by atoms with Gasteiger partial charge in [-0.2, -0.15) is 0 Å². The highest BCUT2D eigenvalue weighted by molar-refractivity contribution is 5.66. The molecule has 0 amide bonds. The lowest BCUT2D eigenvalue weighted by atomic mass is 10.0. The topological polar surface area (TPSA) is 96.2 Å². The molecule has 2 aromatic rings. The lowest BCUT2D eigenvalue weighted by molar-refractivity contribution is -0.147. The third-order valence-corrected chi connectivity index (χ3v) is 4.61. The van der Waals surface area contributed by atoms with Gasteiger partial charge in [-0.15, -0.1) is 0 Å². The molecule has 6 heteroatoms. The first kappa shape index (κ1) is 21.4. The zero-order valence-electron chi connectivity index (χ0n) is 16.4. The predicted molar refractivity (Wildman–Crippen MR) is 106 cm³/mol. The van der Waals surface area contributed by atoms with Gasteiger partial charge in [-0.1, -0.05) is 12.1 Å². The molecule has 0 aliphatic rings. The number of hydrogen-bond acceptors (Lipinski definition) is 6. The zero-order valence-corrected chi connectivity index (χ0v) is 16.4. The van der Waals surface area contributed by atoms with Crippen LogP contribution in [0.4, 0.5) is 0 Å². The molecule has 2 aromatic carbocycles. The lowest BCUT2D eigenvalue weighted by Gasteiger charge is -2.17. The first-order valence-corrected chi connectivity index (χ1v) is 9.43. The summed E-state index contributed by atoms with van der Waals surface area (Å²) in [5, 5.41) is 28.6. The van der Waals surface area contributed by atoms with E-state index in [1.165, 1.54) is 20.1 Å². The number of carbonyl (C=O) groups excluding carboxylic acids is 1. The van der Waals surface area contributed by atoms with E-state index in [1.54, 1.807) is 24.3 Å². The highest BCUT2D eigenvalue weighted by atomic mass is 16.5. The van der Waals surface area contributed by atoms with E-state index in [0.717, 1.165) is 36.8 Å². The van der Waals surface area contributed by atoms with Gasteiger partial charge in [0.05, 0.1) is 7.11 Å². The Kier molecular flexibility index (Phi) is 7.99. The Labute approximate surface area is 165 Å². The molecule has 0 aliphatic carbocycles. The monoisotopic (exact) mass is 388 g/mol. The number of benzene rings is 2. The normalized spacial score (nSPS) is 11.8. The average molecular weight is 388 g/mol. The van der Waals surface area contributed by atoms with Gasteiger partial charge in [0.25, 0.3) is 0 Å². The smallest absolute Gasteiger partial charge is 0.302 e. The Morgan fingerprint density at radius 1 is 0.893 bits per heavy atom. The van der Waals surface area contributed by atoms with Crippen molar-refractivity contribution in [3.05, 3.63) is 47.5 Å². The van der Waals surface area contributed by atoms with Gasteiger partial charge >= 0.3 is 5.97 Å². The summed E-state index contributed by atoms with van der Waals surface area (Å²) in [6, 6.07) is 10.1. The summed E-state index contributed by atoms with van der Waals surface area (Å²) in [5.74, 6) is 0.00244. The van der Waals surface area contributed by atoms with Crippen molar-refractivity contribution in [2.24, 2.45) is 0 Å². The summed E-state index contributed by atoms with van der Waals surface area (Å²) < 4.78 is 10.6. The van der Waals surface area contributed by atoms with Crippen LogP contribution in [0, 0.1) is 0 Å². The Morgan fingerprint density at radius 3 is 2.21 bits per heavy atom. The van der Waals surface area contributed by atoms with E-state index >= 15 is 0 Å². The van der Waals surface area contributed by atoms with Crippen LogP contribution in [0.25, 0.3) is 0 Å². The van der Waals surface area contributed by atoms with Crippen LogP contribution < -0.4 is 4.74 Å². The van der Waals surface area contributed by atoms with Crippen LogP contribution in [0.3, 0.4) is 0 Å². The summed E-state index contributed by atoms with van der Waals surface area (Å²) in [6.45, 7) is 1.41. The van der Waals surface area contributed by atoms with Crippen LogP contribution in [-0.2, 0) is 22.4 Å². The van der Waals surface area contributed by atoms with Gasteiger partial charge in [-0.3, -0.25) is 4.79 Å². The largest absolute Gasteiger partial charge is 0.504 e. The Morgan fingerprint density at radius 2 is 1.57 bits per heavy atom. The van der Waals surface area contributed by atoms with Crippen LogP contribution in [-0.4, -0.2) is 34.5 Å². The molecule has 152 valence electrons. The number of hydrogen-bond donors (Lipinski definition) is 3.